The van der Waals surface area contributed by atoms with Crippen molar-refractivity contribution in [1.82, 2.24) is 19.8 Å². The van der Waals surface area contributed by atoms with E-state index in [1.54, 1.807) is 16.0 Å². The molecule has 3 aromatic rings. The van der Waals surface area contributed by atoms with Crippen LogP contribution in [0, 0.1) is 15.3 Å². The number of nitrogens with zero attached hydrogens (tertiary/aromatic N) is 5. The van der Waals surface area contributed by atoms with Gasteiger partial charge < -0.3 is 23.8 Å². The van der Waals surface area contributed by atoms with Gasteiger partial charge in [-0.3, -0.25) is 14.8 Å². The fourth-order valence-corrected chi connectivity index (χ4v) is 9.03. The van der Waals surface area contributed by atoms with E-state index < -0.39 is 23.6 Å². The van der Waals surface area contributed by atoms with Gasteiger partial charge in [-0.05, 0) is 114 Å². The number of pyridine rings is 2. The molecule has 0 N–H and O–H groups in total. The summed E-state index contributed by atoms with van der Waals surface area (Å²) in [4.78, 5) is 42.9. The van der Waals surface area contributed by atoms with E-state index >= 15 is 4.39 Å². The van der Waals surface area contributed by atoms with Gasteiger partial charge in [0.05, 0.1) is 34.6 Å². The summed E-state index contributed by atoms with van der Waals surface area (Å²) in [6, 6.07) is 5.13. The maximum absolute atomic E-state index is 17.2. The van der Waals surface area contributed by atoms with Crippen LogP contribution in [-0.4, -0.2) is 95.1 Å². The summed E-state index contributed by atoms with van der Waals surface area (Å²) in [6.07, 6.45) is 6.51. The van der Waals surface area contributed by atoms with Crippen molar-refractivity contribution in [2.45, 2.75) is 109 Å². The summed E-state index contributed by atoms with van der Waals surface area (Å²) in [5.41, 5.74) is 1.30. The lowest BCUT2D eigenvalue weighted by Gasteiger charge is -2.44. The van der Waals surface area contributed by atoms with E-state index in [1.807, 2.05) is 52.8 Å². The van der Waals surface area contributed by atoms with Crippen LogP contribution in [0.4, 0.5) is 19.7 Å². The third-order valence-electron chi connectivity index (χ3n) is 10.8. The van der Waals surface area contributed by atoms with Crippen LogP contribution in [0.2, 0.25) is 0 Å². The monoisotopic (exact) mass is 829 g/mol. The molecule has 4 fully saturated rings. The highest BCUT2D eigenvalue weighted by Crippen LogP contribution is 2.50. The number of ether oxygens (including phenoxy) is 4. The largest absolute Gasteiger partial charge is 0.493 e. The van der Waals surface area contributed by atoms with Crippen molar-refractivity contribution in [2.24, 2.45) is 5.92 Å². The standard InChI is InChI=1S/C39H49FIN5O6/c1-7-8-17-50-37(47)45-21-24-19-28(45)33(24)46(38(48)52-39(3,4)5)34-26-20-42-31(25-14-9-12-23-13-11-18-49-35(23)25)29(40)32(26)43-36(30(34)41)51-22(2)27-15-10-16-44(27)6/h9,12,14,20,22,24,27-28,33H,7-8,10-11,13,15-19,21H2,1-6H3/t22-,24+,27-,28+,33-/m0/s1. The van der Waals surface area contributed by atoms with E-state index in [0.29, 0.717) is 45.7 Å². The fourth-order valence-electron chi connectivity index (χ4n) is 8.23. The highest BCUT2D eigenvalue weighted by Gasteiger charge is 2.59. The summed E-state index contributed by atoms with van der Waals surface area (Å²) >= 11 is 2.16. The zero-order valence-corrected chi connectivity index (χ0v) is 33.1. The Labute approximate surface area is 318 Å². The minimum absolute atomic E-state index is 0.0317. The first kappa shape index (κ1) is 36.9. The number of carbonyl (C=O) groups is 2. The number of likely N-dealkylation sites (N-methyl/N-ethyl adjacent to an activating group) is 1. The number of hydrogen-bond donors (Lipinski definition) is 0. The Morgan fingerprint density at radius 3 is 2.77 bits per heavy atom. The van der Waals surface area contributed by atoms with Crippen LogP contribution < -0.4 is 14.4 Å². The quantitative estimate of drug-likeness (QED) is 0.157. The Hall–Kier alpha value is -3.46. The second-order valence-electron chi connectivity index (χ2n) is 15.5. The molecular weight excluding hydrogens is 780 g/mol. The number of amides is 2. The van der Waals surface area contributed by atoms with Crippen molar-refractivity contribution in [2.75, 3.05) is 38.3 Å². The number of halogens is 2. The van der Waals surface area contributed by atoms with Gasteiger partial charge in [0.25, 0.3) is 0 Å². The summed E-state index contributed by atoms with van der Waals surface area (Å²) in [5.74, 6) is 0.201. The molecule has 2 amide bonds. The van der Waals surface area contributed by atoms with Gasteiger partial charge in [-0.2, -0.15) is 0 Å². The highest BCUT2D eigenvalue weighted by molar-refractivity contribution is 14.1. The van der Waals surface area contributed by atoms with E-state index in [-0.39, 0.29) is 47.3 Å². The van der Waals surface area contributed by atoms with Gasteiger partial charge in [-0.25, -0.2) is 19.0 Å². The van der Waals surface area contributed by atoms with Crippen LogP contribution in [0.15, 0.2) is 24.4 Å². The molecule has 0 unspecified atom stereocenters. The van der Waals surface area contributed by atoms with Crippen molar-refractivity contribution in [3.05, 3.63) is 39.3 Å². The zero-order chi connectivity index (χ0) is 36.9. The van der Waals surface area contributed by atoms with Crippen LogP contribution in [-0.2, 0) is 15.9 Å². The van der Waals surface area contributed by atoms with Gasteiger partial charge in [0.2, 0.25) is 5.88 Å². The van der Waals surface area contributed by atoms with Crippen molar-refractivity contribution < 1.29 is 32.9 Å². The van der Waals surface area contributed by atoms with Gasteiger partial charge >= 0.3 is 12.2 Å². The van der Waals surface area contributed by atoms with Crippen LogP contribution >= 0.6 is 22.6 Å². The first-order valence-electron chi connectivity index (χ1n) is 18.6. The topological polar surface area (TPSA) is 107 Å². The lowest BCUT2D eigenvalue weighted by molar-refractivity contribution is 0.0508. The van der Waals surface area contributed by atoms with E-state index in [2.05, 4.69) is 34.5 Å². The number of unbranched alkanes of at least 4 members (excludes halogenated alkanes) is 1. The van der Waals surface area contributed by atoms with Crippen LogP contribution in [0.3, 0.4) is 0 Å². The molecule has 11 nitrogen and oxygen atoms in total. The van der Waals surface area contributed by atoms with E-state index in [0.717, 1.165) is 57.1 Å². The number of aryl methyl sites for hydroxylation is 1. The minimum Gasteiger partial charge on any atom is -0.493 e. The molecule has 8 rings (SSSR count). The van der Waals surface area contributed by atoms with Gasteiger partial charge in [-0.1, -0.05) is 25.5 Å². The number of aromatic nitrogens is 2. The number of benzene rings is 1. The van der Waals surface area contributed by atoms with Gasteiger partial charge in [0.1, 0.15) is 28.7 Å². The molecule has 2 bridgehead atoms. The molecule has 5 aliphatic rings. The molecule has 3 saturated heterocycles. The average Bonchev–Trinajstić information content (AvgIpc) is 3.83. The van der Waals surface area contributed by atoms with Crippen LogP contribution in [0.1, 0.15) is 78.7 Å². The molecule has 6 heterocycles. The molecule has 0 spiro atoms. The fraction of sp³-hybridized carbons (Fsp3) is 0.590. The van der Waals surface area contributed by atoms with Crippen molar-refractivity contribution >= 4 is 51.4 Å². The van der Waals surface area contributed by atoms with E-state index in [4.69, 9.17) is 28.9 Å². The van der Waals surface area contributed by atoms with Gasteiger partial charge in [-0.15, -0.1) is 0 Å². The first-order chi connectivity index (χ1) is 24.9. The number of carbonyl (C=O) groups excluding carboxylic acids is 2. The van der Waals surface area contributed by atoms with Crippen LogP contribution in [0.5, 0.6) is 11.6 Å². The summed E-state index contributed by atoms with van der Waals surface area (Å²) in [5, 5.41) is 0.351. The van der Waals surface area contributed by atoms with Gasteiger partial charge in [0.15, 0.2) is 5.82 Å². The predicted molar refractivity (Wildman–Crippen MR) is 205 cm³/mol. The smallest absolute Gasteiger partial charge is 0.415 e. The molecule has 5 atom stereocenters. The van der Waals surface area contributed by atoms with Crippen LogP contribution in [0.25, 0.3) is 22.2 Å². The molecule has 1 saturated carbocycles. The normalized spacial score (nSPS) is 23.1. The van der Waals surface area contributed by atoms with E-state index in [9.17, 15) is 9.59 Å². The number of anilines is 1. The second kappa shape index (κ2) is 14.8. The molecule has 1 aromatic carbocycles. The third-order valence-corrected chi connectivity index (χ3v) is 11.8. The maximum Gasteiger partial charge on any atom is 0.415 e. The molecule has 0 radical (unpaired) electrons. The highest BCUT2D eigenvalue weighted by atomic mass is 127. The van der Waals surface area contributed by atoms with E-state index in [1.165, 1.54) is 0 Å². The third kappa shape index (κ3) is 6.87. The molecule has 13 heteroatoms. The van der Waals surface area contributed by atoms with Crippen molar-refractivity contribution in [3.63, 3.8) is 0 Å². The number of fused-ring (bicyclic) bond motifs is 3. The molecule has 1 aliphatic carbocycles. The second-order valence-corrected chi connectivity index (χ2v) is 16.6. The Balaban J connectivity index is 1.38. The lowest BCUT2D eigenvalue weighted by Crippen LogP contribution is -2.58. The SMILES string of the molecule is CCCCOC(=O)N1C[C@H]2C[C@@H]1[C@H]2N(C(=O)OC(C)(C)C)c1c(I)c(O[C@@H](C)[C@@H]2CCCN2C)nc2c(F)c(-c3cccc4c3OCCC4)ncc12. The maximum atomic E-state index is 17.2. The molecule has 4 aliphatic heterocycles. The Morgan fingerprint density at radius 2 is 2.04 bits per heavy atom. The molecule has 52 heavy (non-hydrogen) atoms. The predicted octanol–water partition coefficient (Wildman–Crippen LogP) is 7.98. The summed E-state index contributed by atoms with van der Waals surface area (Å²) < 4.78 is 42.1. The molecule has 280 valence electrons. The van der Waals surface area contributed by atoms with Gasteiger partial charge in [0, 0.05) is 35.7 Å². The minimum atomic E-state index is -0.824. The molecule has 2 aromatic heterocycles. The number of hydrogen-bond acceptors (Lipinski definition) is 9. The number of para-hydroxylation sites is 1. The Kier molecular flexibility index (Phi) is 10.5. The first-order valence-corrected chi connectivity index (χ1v) is 19.7. The van der Waals surface area contributed by atoms with Crippen molar-refractivity contribution in [3.8, 4) is 22.9 Å². The zero-order valence-electron chi connectivity index (χ0n) is 30.9. The molecular formula is C39H49FIN5O6. The lowest BCUT2D eigenvalue weighted by atomic mass is 9.78. The average molecular weight is 830 g/mol. The Morgan fingerprint density at radius 1 is 1.23 bits per heavy atom. The number of likely N-dealkylation sites (tertiary alicyclic amines) is 1. The summed E-state index contributed by atoms with van der Waals surface area (Å²) in [6.45, 7) is 11.8. The van der Waals surface area contributed by atoms with Crippen molar-refractivity contribution in [1.29, 1.82) is 0 Å². The summed E-state index contributed by atoms with van der Waals surface area (Å²) in [7, 11) is 2.08. The number of rotatable bonds is 9. The Bertz CT molecular complexity index is 1850.